The molecule has 13 heteroatoms. The normalized spacial score (nSPS) is 10.6. The molecular weight excluding hydrogens is 566 g/mol. The number of hydrogen-bond donors (Lipinski definition) is 3. The summed E-state index contributed by atoms with van der Waals surface area (Å²) in [6.07, 6.45) is 0. The molecule has 0 radical (unpaired) electrons. The molecule has 230 valence electrons. The fourth-order valence-corrected chi connectivity index (χ4v) is 3.80. The number of methoxy groups -OCH3 is 3. The molecule has 3 rings (SSSR count). The number of hydrogen-bond acceptors (Lipinski definition) is 13. The Bertz CT molecular complexity index is 1250. The predicted octanol–water partition coefficient (Wildman–Crippen LogP) is 3.00. The second kappa shape index (κ2) is 15.7. The summed E-state index contributed by atoms with van der Waals surface area (Å²) in [5.74, 6) is -1.91. The first-order valence-corrected chi connectivity index (χ1v) is 13.0. The Balaban J connectivity index is 1.58. The van der Waals surface area contributed by atoms with Crippen LogP contribution in [0.1, 0.15) is 31.1 Å². The molecule has 3 aromatic carbocycles. The molecule has 0 atom stereocenters. The van der Waals surface area contributed by atoms with Gasteiger partial charge in [-0.25, -0.2) is 14.4 Å². The van der Waals surface area contributed by atoms with Crippen molar-refractivity contribution in [3.05, 3.63) is 71.3 Å². The SMILES string of the molecule is COc1cc(C(=O)OCCN(CCOC(=O)c2ccc(O)c(OC)c2)CCOC(=O)c2ccc(O)c(OC)c2)ccc1O. The summed E-state index contributed by atoms with van der Waals surface area (Å²) >= 11 is 0. The van der Waals surface area contributed by atoms with Crippen LogP contribution in [0.4, 0.5) is 0 Å². The first kappa shape index (κ1) is 32.3. The van der Waals surface area contributed by atoms with Crippen molar-refractivity contribution < 1.29 is 58.1 Å². The van der Waals surface area contributed by atoms with Crippen LogP contribution in [0.3, 0.4) is 0 Å². The van der Waals surface area contributed by atoms with Crippen molar-refractivity contribution in [2.45, 2.75) is 0 Å². The molecule has 0 spiro atoms. The zero-order valence-electron chi connectivity index (χ0n) is 23.9. The second-order valence-electron chi connectivity index (χ2n) is 8.91. The van der Waals surface area contributed by atoms with E-state index in [1.165, 1.54) is 75.9 Å². The van der Waals surface area contributed by atoms with Crippen LogP contribution in [0.2, 0.25) is 0 Å². The van der Waals surface area contributed by atoms with Gasteiger partial charge in [-0.05, 0) is 54.6 Å². The number of carbonyl (C=O) groups is 3. The maximum absolute atomic E-state index is 12.5. The lowest BCUT2D eigenvalue weighted by Gasteiger charge is -2.22. The van der Waals surface area contributed by atoms with Gasteiger partial charge in [-0.15, -0.1) is 0 Å². The van der Waals surface area contributed by atoms with Gasteiger partial charge in [0.1, 0.15) is 19.8 Å². The Kier molecular flexibility index (Phi) is 11.8. The summed E-state index contributed by atoms with van der Waals surface area (Å²) in [6, 6.07) is 12.2. The van der Waals surface area contributed by atoms with E-state index in [1.807, 2.05) is 0 Å². The lowest BCUT2D eigenvalue weighted by Crippen LogP contribution is -2.35. The van der Waals surface area contributed by atoms with Gasteiger partial charge in [0, 0.05) is 19.6 Å². The summed E-state index contributed by atoms with van der Waals surface area (Å²) in [4.78, 5) is 39.3. The smallest absolute Gasteiger partial charge is 0.338 e. The lowest BCUT2D eigenvalue weighted by molar-refractivity contribution is 0.0331. The van der Waals surface area contributed by atoms with Crippen molar-refractivity contribution >= 4 is 17.9 Å². The topological polar surface area (TPSA) is 171 Å². The largest absolute Gasteiger partial charge is 0.504 e. The van der Waals surface area contributed by atoms with Crippen molar-refractivity contribution in [2.24, 2.45) is 0 Å². The zero-order chi connectivity index (χ0) is 31.4. The predicted molar refractivity (Wildman–Crippen MR) is 151 cm³/mol. The Morgan fingerprint density at radius 1 is 0.535 bits per heavy atom. The minimum absolute atomic E-state index is 0.0474. The number of rotatable bonds is 15. The van der Waals surface area contributed by atoms with Crippen LogP contribution in [0.25, 0.3) is 0 Å². The lowest BCUT2D eigenvalue weighted by atomic mass is 10.2. The Morgan fingerprint density at radius 2 is 0.814 bits per heavy atom. The van der Waals surface area contributed by atoms with Crippen LogP contribution in [0.15, 0.2) is 54.6 Å². The molecule has 0 aliphatic carbocycles. The Morgan fingerprint density at radius 3 is 1.07 bits per heavy atom. The molecule has 0 fully saturated rings. The van der Waals surface area contributed by atoms with Gasteiger partial charge in [-0.2, -0.15) is 0 Å². The number of benzene rings is 3. The number of esters is 3. The van der Waals surface area contributed by atoms with Crippen molar-refractivity contribution in [1.82, 2.24) is 4.90 Å². The highest BCUT2D eigenvalue weighted by atomic mass is 16.5. The maximum atomic E-state index is 12.5. The van der Waals surface area contributed by atoms with E-state index >= 15 is 0 Å². The van der Waals surface area contributed by atoms with E-state index in [1.54, 1.807) is 4.90 Å². The second-order valence-corrected chi connectivity index (χ2v) is 8.91. The summed E-state index contributed by atoms with van der Waals surface area (Å²) in [7, 11) is 4.08. The van der Waals surface area contributed by atoms with Crippen molar-refractivity contribution in [3.63, 3.8) is 0 Å². The number of nitrogens with zero attached hydrogens (tertiary/aromatic N) is 1. The van der Waals surface area contributed by atoms with E-state index in [0.717, 1.165) is 0 Å². The zero-order valence-corrected chi connectivity index (χ0v) is 23.9. The van der Waals surface area contributed by atoms with E-state index < -0.39 is 17.9 Å². The molecule has 0 amide bonds. The number of ether oxygens (including phenoxy) is 6. The number of carbonyl (C=O) groups excluding carboxylic acids is 3. The van der Waals surface area contributed by atoms with E-state index in [9.17, 15) is 29.7 Å². The average molecular weight is 600 g/mol. The van der Waals surface area contributed by atoms with E-state index in [-0.39, 0.29) is 90.6 Å². The quantitative estimate of drug-likeness (QED) is 0.172. The van der Waals surface area contributed by atoms with Gasteiger partial charge in [0.15, 0.2) is 34.5 Å². The first-order valence-electron chi connectivity index (χ1n) is 13.0. The monoisotopic (exact) mass is 599 g/mol. The summed E-state index contributed by atoms with van der Waals surface area (Å²) < 4.78 is 31.1. The molecule has 13 nitrogen and oxygen atoms in total. The highest BCUT2D eigenvalue weighted by Gasteiger charge is 2.16. The van der Waals surface area contributed by atoms with Crippen LogP contribution in [-0.4, -0.2) is 98.9 Å². The van der Waals surface area contributed by atoms with Gasteiger partial charge < -0.3 is 43.7 Å². The molecule has 3 N–H and O–H groups in total. The van der Waals surface area contributed by atoms with Crippen molar-refractivity contribution in [1.29, 1.82) is 0 Å². The van der Waals surface area contributed by atoms with Crippen molar-refractivity contribution in [3.8, 4) is 34.5 Å². The van der Waals surface area contributed by atoms with Crippen LogP contribution in [-0.2, 0) is 14.2 Å². The standard InChI is InChI=1S/C30H33NO12/c1-38-25-16-19(4-7-22(25)32)28(35)41-13-10-31(11-14-42-29(36)20-5-8-23(33)26(17-20)39-2)12-15-43-30(37)21-6-9-24(34)27(18-21)40-3/h4-9,16-18,32-34H,10-15H2,1-3H3. The highest BCUT2D eigenvalue weighted by Crippen LogP contribution is 2.28. The molecule has 0 aliphatic heterocycles. The molecule has 43 heavy (non-hydrogen) atoms. The van der Waals surface area contributed by atoms with Crippen LogP contribution < -0.4 is 14.2 Å². The van der Waals surface area contributed by atoms with Gasteiger partial charge in [0.05, 0.1) is 38.0 Å². The third-order valence-electron chi connectivity index (χ3n) is 6.17. The summed E-state index contributed by atoms with van der Waals surface area (Å²) in [6.45, 7) is 0.471. The van der Waals surface area contributed by atoms with Gasteiger partial charge in [0.2, 0.25) is 0 Å². The van der Waals surface area contributed by atoms with Gasteiger partial charge >= 0.3 is 17.9 Å². The summed E-state index contributed by atoms with van der Waals surface area (Å²) in [5.41, 5.74) is 0.535. The minimum atomic E-state index is -0.640. The molecular formula is C30H33NO12. The fraction of sp³-hybridized carbons (Fsp3) is 0.300. The molecule has 0 unspecified atom stereocenters. The molecule has 3 aromatic rings. The minimum Gasteiger partial charge on any atom is -0.504 e. The average Bonchev–Trinajstić information content (AvgIpc) is 3.01. The molecule has 0 heterocycles. The highest BCUT2D eigenvalue weighted by molar-refractivity contribution is 5.91. The van der Waals surface area contributed by atoms with Gasteiger partial charge in [-0.1, -0.05) is 0 Å². The van der Waals surface area contributed by atoms with Crippen LogP contribution in [0.5, 0.6) is 34.5 Å². The van der Waals surface area contributed by atoms with Crippen LogP contribution >= 0.6 is 0 Å². The molecule has 0 bridgehead atoms. The van der Waals surface area contributed by atoms with E-state index in [2.05, 4.69) is 0 Å². The number of phenolic OH excluding ortho intramolecular Hbond substituents is 3. The Hall–Kier alpha value is -5.17. The fourth-order valence-electron chi connectivity index (χ4n) is 3.80. The third-order valence-corrected chi connectivity index (χ3v) is 6.17. The van der Waals surface area contributed by atoms with Crippen LogP contribution in [0, 0.1) is 0 Å². The third kappa shape index (κ3) is 9.16. The summed E-state index contributed by atoms with van der Waals surface area (Å²) in [5, 5.41) is 29.2. The van der Waals surface area contributed by atoms with Crippen molar-refractivity contribution in [2.75, 3.05) is 60.8 Å². The molecule has 0 saturated heterocycles. The molecule has 0 aliphatic rings. The Labute approximate surface area is 247 Å². The molecule has 0 saturated carbocycles. The molecule has 0 aromatic heterocycles. The maximum Gasteiger partial charge on any atom is 0.338 e. The van der Waals surface area contributed by atoms with Gasteiger partial charge in [-0.3, -0.25) is 4.90 Å². The number of aromatic hydroxyl groups is 3. The van der Waals surface area contributed by atoms with E-state index in [0.29, 0.717) is 0 Å². The van der Waals surface area contributed by atoms with Gasteiger partial charge in [0.25, 0.3) is 0 Å². The first-order chi connectivity index (χ1) is 20.7. The van der Waals surface area contributed by atoms with E-state index in [4.69, 9.17) is 28.4 Å². The number of phenols is 3.